The molecule has 0 fully saturated rings. The summed E-state index contributed by atoms with van der Waals surface area (Å²) in [6.45, 7) is 5.27. The van der Waals surface area contributed by atoms with Crippen molar-refractivity contribution >= 4 is 17.1 Å². The number of carbonyl (C=O) groups excluding carboxylic acids is 1. The van der Waals surface area contributed by atoms with Gasteiger partial charge in [-0.25, -0.2) is 9.97 Å². The molecule has 0 unspecified atom stereocenters. The van der Waals surface area contributed by atoms with Crippen LogP contribution in [0.1, 0.15) is 32.5 Å². The van der Waals surface area contributed by atoms with E-state index < -0.39 is 0 Å². The van der Waals surface area contributed by atoms with Crippen LogP contribution < -0.4 is 5.32 Å². The van der Waals surface area contributed by atoms with Gasteiger partial charge in [-0.1, -0.05) is 0 Å². The zero-order chi connectivity index (χ0) is 15.9. The van der Waals surface area contributed by atoms with Crippen molar-refractivity contribution in [1.82, 2.24) is 19.9 Å². The third-order valence-corrected chi connectivity index (χ3v) is 3.36. The number of hydrogen-bond donors (Lipinski definition) is 1. The zero-order valence-electron chi connectivity index (χ0n) is 13.5. The van der Waals surface area contributed by atoms with E-state index in [1.54, 1.807) is 13.3 Å². The van der Waals surface area contributed by atoms with Crippen LogP contribution in [0.25, 0.3) is 11.2 Å². The average molecular weight is 304 g/mol. The van der Waals surface area contributed by atoms with Crippen LogP contribution in [0.3, 0.4) is 0 Å². The lowest BCUT2D eigenvalue weighted by molar-refractivity contribution is -0.121. The highest BCUT2D eigenvalue weighted by Crippen LogP contribution is 2.15. The third-order valence-electron chi connectivity index (χ3n) is 3.36. The summed E-state index contributed by atoms with van der Waals surface area (Å²) in [4.78, 5) is 20.7. The maximum Gasteiger partial charge on any atom is 0.220 e. The number of aryl methyl sites for hydroxylation is 1. The molecule has 6 nitrogen and oxygen atoms in total. The number of methoxy groups -OCH3 is 1. The first-order chi connectivity index (χ1) is 10.6. The fraction of sp³-hybridized carbons (Fsp3) is 0.562. The average Bonchev–Trinajstić information content (AvgIpc) is 2.82. The van der Waals surface area contributed by atoms with Crippen LogP contribution in [0.4, 0.5) is 0 Å². The van der Waals surface area contributed by atoms with Crippen molar-refractivity contribution < 1.29 is 9.53 Å². The minimum Gasteiger partial charge on any atom is -0.383 e. The molecule has 0 radical (unpaired) electrons. The smallest absolute Gasteiger partial charge is 0.220 e. The Kier molecular flexibility index (Phi) is 5.89. The quantitative estimate of drug-likeness (QED) is 0.809. The fourth-order valence-electron chi connectivity index (χ4n) is 2.41. The van der Waals surface area contributed by atoms with E-state index in [1.807, 2.05) is 26.0 Å². The van der Waals surface area contributed by atoms with Gasteiger partial charge in [-0.3, -0.25) is 4.79 Å². The molecule has 0 saturated carbocycles. The summed E-state index contributed by atoms with van der Waals surface area (Å²) in [5.41, 5.74) is 1.77. The lowest BCUT2D eigenvalue weighted by Crippen LogP contribution is -2.29. The number of imidazole rings is 1. The Hall–Kier alpha value is -1.95. The molecule has 0 spiro atoms. The van der Waals surface area contributed by atoms with Gasteiger partial charge in [0.15, 0.2) is 5.65 Å². The molecular weight excluding hydrogens is 280 g/mol. The van der Waals surface area contributed by atoms with Gasteiger partial charge in [-0.05, 0) is 32.4 Å². The molecule has 2 aromatic heterocycles. The maximum atomic E-state index is 11.7. The Morgan fingerprint density at radius 2 is 2.27 bits per heavy atom. The number of carbonyl (C=O) groups is 1. The first-order valence-corrected chi connectivity index (χ1v) is 7.70. The van der Waals surface area contributed by atoms with E-state index in [-0.39, 0.29) is 11.9 Å². The number of nitrogens with one attached hydrogen (secondary N) is 1. The van der Waals surface area contributed by atoms with Gasteiger partial charge in [-0.15, -0.1) is 0 Å². The molecule has 6 heteroatoms. The molecule has 2 aromatic rings. The molecule has 0 saturated heterocycles. The van der Waals surface area contributed by atoms with Gasteiger partial charge in [0, 0.05) is 38.7 Å². The summed E-state index contributed by atoms with van der Waals surface area (Å²) in [7, 11) is 1.68. The van der Waals surface area contributed by atoms with Gasteiger partial charge in [0.05, 0.1) is 6.61 Å². The number of aromatic nitrogens is 3. The topological polar surface area (TPSA) is 69.0 Å². The molecule has 1 amide bonds. The summed E-state index contributed by atoms with van der Waals surface area (Å²) in [5.74, 6) is 1.05. The van der Waals surface area contributed by atoms with Gasteiger partial charge >= 0.3 is 0 Å². The second-order valence-corrected chi connectivity index (χ2v) is 5.59. The highest BCUT2D eigenvalue weighted by atomic mass is 16.5. The lowest BCUT2D eigenvalue weighted by atomic mass is 10.2. The van der Waals surface area contributed by atoms with Crippen LogP contribution in [-0.2, 0) is 22.5 Å². The highest BCUT2D eigenvalue weighted by molar-refractivity contribution is 5.76. The molecule has 0 aliphatic heterocycles. The number of rotatable bonds is 8. The molecule has 2 rings (SSSR count). The van der Waals surface area contributed by atoms with Gasteiger partial charge < -0.3 is 14.6 Å². The van der Waals surface area contributed by atoms with Crippen LogP contribution in [0.15, 0.2) is 18.3 Å². The Bertz CT molecular complexity index is 622. The Balaban J connectivity index is 2.04. The van der Waals surface area contributed by atoms with Crippen LogP contribution >= 0.6 is 0 Å². The van der Waals surface area contributed by atoms with Crippen molar-refractivity contribution in [1.29, 1.82) is 0 Å². The van der Waals surface area contributed by atoms with Crippen LogP contribution in [0.2, 0.25) is 0 Å². The monoisotopic (exact) mass is 304 g/mol. The van der Waals surface area contributed by atoms with E-state index in [0.29, 0.717) is 13.0 Å². The van der Waals surface area contributed by atoms with E-state index in [4.69, 9.17) is 4.74 Å². The largest absolute Gasteiger partial charge is 0.383 e. The molecule has 0 atom stereocenters. The normalized spacial score (nSPS) is 11.3. The Morgan fingerprint density at radius 3 is 3.00 bits per heavy atom. The summed E-state index contributed by atoms with van der Waals surface area (Å²) in [5, 5.41) is 2.91. The van der Waals surface area contributed by atoms with Gasteiger partial charge in [-0.2, -0.15) is 0 Å². The molecule has 1 N–H and O–H groups in total. The highest BCUT2D eigenvalue weighted by Gasteiger charge is 2.12. The molecule has 120 valence electrons. The number of ether oxygens (including phenoxy) is 1. The van der Waals surface area contributed by atoms with Crippen molar-refractivity contribution in [2.24, 2.45) is 0 Å². The summed E-state index contributed by atoms with van der Waals surface area (Å²) in [6, 6.07) is 4.03. The molecule has 0 aromatic carbocycles. The number of hydrogen-bond acceptors (Lipinski definition) is 4. The van der Waals surface area contributed by atoms with E-state index in [1.165, 1.54) is 0 Å². The molecule has 0 aliphatic carbocycles. The van der Waals surface area contributed by atoms with Crippen LogP contribution in [0, 0.1) is 0 Å². The zero-order valence-corrected chi connectivity index (χ0v) is 13.5. The molecule has 0 bridgehead atoms. The number of fused-ring (bicyclic) bond motifs is 1. The molecule has 0 aliphatic rings. The SMILES string of the molecule is COCCn1c(CCCC(=O)NC(C)C)nc2cccnc21. The number of nitrogens with zero attached hydrogens (tertiary/aromatic N) is 3. The summed E-state index contributed by atoms with van der Waals surface area (Å²) < 4.78 is 7.25. The number of pyridine rings is 1. The standard InChI is InChI=1S/C16H24N4O2/c1-12(2)18-15(21)8-4-7-14-19-13-6-5-9-17-16(13)20(14)10-11-22-3/h5-6,9,12H,4,7-8,10-11H2,1-3H3,(H,18,21). The lowest BCUT2D eigenvalue weighted by Gasteiger charge is -2.09. The molecular formula is C16H24N4O2. The van der Waals surface area contributed by atoms with Crippen molar-refractivity contribution in [3.8, 4) is 0 Å². The van der Waals surface area contributed by atoms with Crippen molar-refractivity contribution in [2.75, 3.05) is 13.7 Å². The third kappa shape index (κ3) is 4.27. The molecule has 22 heavy (non-hydrogen) atoms. The minimum atomic E-state index is 0.0904. The van der Waals surface area contributed by atoms with E-state index >= 15 is 0 Å². The van der Waals surface area contributed by atoms with Crippen molar-refractivity contribution in [3.63, 3.8) is 0 Å². The summed E-state index contributed by atoms with van der Waals surface area (Å²) in [6.07, 6.45) is 3.81. The van der Waals surface area contributed by atoms with Gasteiger partial charge in [0.2, 0.25) is 5.91 Å². The Labute approximate surface area is 130 Å². The Morgan fingerprint density at radius 1 is 1.45 bits per heavy atom. The van der Waals surface area contributed by atoms with Gasteiger partial charge in [0.1, 0.15) is 11.3 Å². The minimum absolute atomic E-state index is 0.0904. The first-order valence-electron chi connectivity index (χ1n) is 7.70. The van der Waals surface area contributed by atoms with Gasteiger partial charge in [0.25, 0.3) is 0 Å². The fourth-order valence-corrected chi connectivity index (χ4v) is 2.41. The first kappa shape index (κ1) is 16.4. The van der Waals surface area contributed by atoms with Crippen LogP contribution in [0.5, 0.6) is 0 Å². The maximum absolute atomic E-state index is 11.7. The second-order valence-electron chi connectivity index (χ2n) is 5.59. The van der Waals surface area contributed by atoms with E-state index in [2.05, 4.69) is 19.9 Å². The predicted molar refractivity (Wildman–Crippen MR) is 85.6 cm³/mol. The second kappa shape index (κ2) is 7.89. The van der Waals surface area contributed by atoms with Crippen LogP contribution in [-0.4, -0.2) is 40.2 Å². The summed E-state index contributed by atoms with van der Waals surface area (Å²) >= 11 is 0. The van der Waals surface area contributed by atoms with E-state index in [0.717, 1.165) is 36.4 Å². The number of amides is 1. The predicted octanol–water partition coefficient (Wildman–Crippen LogP) is 1.92. The molecule has 2 heterocycles. The van der Waals surface area contributed by atoms with Crippen molar-refractivity contribution in [2.45, 2.75) is 45.7 Å². The van der Waals surface area contributed by atoms with Crippen molar-refractivity contribution in [3.05, 3.63) is 24.2 Å². The van der Waals surface area contributed by atoms with E-state index in [9.17, 15) is 4.79 Å².